The van der Waals surface area contributed by atoms with E-state index in [1.807, 2.05) is 43.3 Å². The zero-order valence-corrected chi connectivity index (χ0v) is 13.7. The quantitative estimate of drug-likeness (QED) is 0.753. The molecule has 0 fully saturated rings. The summed E-state index contributed by atoms with van der Waals surface area (Å²) in [5.74, 6) is -0.312. The monoisotopic (exact) mass is 318 g/mol. The molecule has 2 rings (SSSR count). The van der Waals surface area contributed by atoms with Gasteiger partial charge in [0.15, 0.2) is 0 Å². The molecule has 0 amide bonds. The van der Waals surface area contributed by atoms with E-state index in [1.54, 1.807) is 14.0 Å². The van der Waals surface area contributed by atoms with E-state index in [9.17, 15) is 4.79 Å². The van der Waals surface area contributed by atoms with Gasteiger partial charge in [-0.25, -0.2) is 4.79 Å². The average molecular weight is 319 g/mol. The number of esters is 1. The molecule has 0 atom stereocenters. The number of hydrogen-bond donors (Lipinski definition) is 0. The van der Waals surface area contributed by atoms with Crippen LogP contribution >= 0.6 is 11.6 Å². The van der Waals surface area contributed by atoms with Gasteiger partial charge < -0.3 is 9.47 Å². The molecule has 0 heterocycles. The highest BCUT2D eigenvalue weighted by molar-refractivity contribution is 6.30. The first-order chi connectivity index (χ1) is 10.6. The topological polar surface area (TPSA) is 35.5 Å². The van der Waals surface area contributed by atoms with Crippen molar-refractivity contribution in [1.29, 1.82) is 0 Å². The lowest BCUT2D eigenvalue weighted by Crippen LogP contribution is -2.09. The lowest BCUT2D eigenvalue weighted by Gasteiger charge is -2.14. The Morgan fingerprint density at radius 3 is 2.41 bits per heavy atom. The van der Waals surface area contributed by atoms with Crippen molar-refractivity contribution in [2.45, 2.75) is 20.5 Å². The molecule has 0 bridgehead atoms. The van der Waals surface area contributed by atoms with Crippen molar-refractivity contribution in [2.75, 3.05) is 13.7 Å². The van der Waals surface area contributed by atoms with E-state index in [4.69, 9.17) is 21.1 Å². The van der Waals surface area contributed by atoms with Crippen molar-refractivity contribution in [3.8, 4) is 11.1 Å². The maximum Gasteiger partial charge on any atom is 0.338 e. The minimum Gasteiger partial charge on any atom is -0.462 e. The predicted molar refractivity (Wildman–Crippen MR) is 88.3 cm³/mol. The fourth-order valence-electron chi connectivity index (χ4n) is 2.31. The van der Waals surface area contributed by atoms with Crippen LogP contribution in [-0.4, -0.2) is 19.7 Å². The van der Waals surface area contributed by atoms with Crippen LogP contribution < -0.4 is 0 Å². The molecule has 116 valence electrons. The summed E-state index contributed by atoms with van der Waals surface area (Å²) in [6.45, 7) is 4.50. The first-order valence-corrected chi connectivity index (χ1v) is 7.50. The Bertz CT molecular complexity index is 663. The van der Waals surface area contributed by atoms with Crippen LogP contribution in [0.1, 0.15) is 28.4 Å². The minimum absolute atomic E-state index is 0.312. The van der Waals surface area contributed by atoms with Gasteiger partial charge in [0.1, 0.15) is 0 Å². The smallest absolute Gasteiger partial charge is 0.338 e. The molecule has 0 unspecified atom stereocenters. The van der Waals surface area contributed by atoms with Crippen LogP contribution in [0.4, 0.5) is 0 Å². The van der Waals surface area contributed by atoms with E-state index in [2.05, 4.69) is 0 Å². The largest absolute Gasteiger partial charge is 0.462 e. The third-order valence-corrected chi connectivity index (χ3v) is 3.74. The van der Waals surface area contributed by atoms with Gasteiger partial charge in [-0.15, -0.1) is 0 Å². The fraction of sp³-hybridized carbons (Fsp3) is 0.278. The van der Waals surface area contributed by atoms with Crippen molar-refractivity contribution < 1.29 is 14.3 Å². The van der Waals surface area contributed by atoms with Crippen molar-refractivity contribution in [3.63, 3.8) is 0 Å². The highest BCUT2D eigenvalue weighted by Gasteiger charge is 2.15. The first kappa shape index (κ1) is 16.5. The molecule has 0 saturated heterocycles. The highest BCUT2D eigenvalue weighted by atomic mass is 35.5. The third-order valence-electron chi connectivity index (χ3n) is 3.49. The summed E-state index contributed by atoms with van der Waals surface area (Å²) in [5, 5.41) is 0.679. The maximum atomic E-state index is 12.2. The summed E-state index contributed by atoms with van der Waals surface area (Å²) in [6.07, 6.45) is 0. The molecule has 3 nitrogen and oxygen atoms in total. The Hall–Kier alpha value is -1.84. The second-order valence-electron chi connectivity index (χ2n) is 4.97. The molecular formula is C18H19ClO3. The van der Waals surface area contributed by atoms with Crippen molar-refractivity contribution in [3.05, 3.63) is 58.1 Å². The maximum absolute atomic E-state index is 12.2. The summed E-state index contributed by atoms with van der Waals surface area (Å²) in [5.41, 5.74) is 4.36. The number of carbonyl (C=O) groups is 1. The Balaban J connectivity index is 2.54. The zero-order chi connectivity index (χ0) is 16.1. The summed E-state index contributed by atoms with van der Waals surface area (Å²) in [6, 6.07) is 11.4. The first-order valence-electron chi connectivity index (χ1n) is 7.12. The molecule has 0 N–H and O–H groups in total. The van der Waals surface area contributed by atoms with Gasteiger partial charge in [0, 0.05) is 12.1 Å². The second kappa shape index (κ2) is 7.43. The van der Waals surface area contributed by atoms with Gasteiger partial charge in [-0.2, -0.15) is 0 Å². The van der Waals surface area contributed by atoms with Gasteiger partial charge in [0.05, 0.1) is 18.8 Å². The Morgan fingerprint density at radius 2 is 1.82 bits per heavy atom. The number of benzene rings is 2. The van der Waals surface area contributed by atoms with Crippen molar-refractivity contribution in [1.82, 2.24) is 0 Å². The Labute approximate surface area is 135 Å². The normalized spacial score (nSPS) is 10.5. The Kier molecular flexibility index (Phi) is 5.58. The van der Waals surface area contributed by atoms with Crippen LogP contribution in [0.3, 0.4) is 0 Å². The molecule has 22 heavy (non-hydrogen) atoms. The summed E-state index contributed by atoms with van der Waals surface area (Å²) >= 11 is 5.93. The van der Waals surface area contributed by atoms with E-state index >= 15 is 0 Å². The van der Waals surface area contributed by atoms with Gasteiger partial charge >= 0.3 is 5.97 Å². The summed E-state index contributed by atoms with van der Waals surface area (Å²) in [4.78, 5) is 12.2. The minimum atomic E-state index is -0.312. The predicted octanol–water partition coefficient (Wildman–Crippen LogP) is 4.64. The van der Waals surface area contributed by atoms with Crippen LogP contribution in [0.5, 0.6) is 0 Å². The number of carbonyl (C=O) groups excluding carboxylic acids is 1. The molecule has 0 aliphatic heterocycles. The van der Waals surface area contributed by atoms with E-state index in [-0.39, 0.29) is 5.97 Å². The van der Waals surface area contributed by atoms with E-state index in [1.165, 1.54) is 0 Å². The van der Waals surface area contributed by atoms with E-state index < -0.39 is 0 Å². The van der Waals surface area contributed by atoms with Crippen LogP contribution in [-0.2, 0) is 16.1 Å². The molecule has 0 aliphatic rings. The zero-order valence-electron chi connectivity index (χ0n) is 13.0. The third kappa shape index (κ3) is 3.67. The summed E-state index contributed by atoms with van der Waals surface area (Å²) in [7, 11) is 1.64. The number of methoxy groups -OCH3 is 1. The average Bonchev–Trinajstić information content (AvgIpc) is 2.50. The number of ether oxygens (including phenoxy) is 2. The lowest BCUT2D eigenvalue weighted by atomic mass is 9.95. The SMILES string of the molecule is CCOC(=O)c1cc(-c2ccc(Cl)cc2)cc(COC)c1C. The molecule has 0 aromatic heterocycles. The molecule has 0 aliphatic carbocycles. The van der Waals surface area contributed by atoms with Crippen LogP contribution in [0.2, 0.25) is 5.02 Å². The van der Waals surface area contributed by atoms with E-state index in [0.717, 1.165) is 22.3 Å². The molecule has 2 aromatic carbocycles. The van der Waals surface area contributed by atoms with Crippen LogP contribution in [0, 0.1) is 6.92 Å². The lowest BCUT2D eigenvalue weighted by molar-refractivity contribution is 0.0525. The van der Waals surface area contributed by atoms with Crippen LogP contribution in [0.15, 0.2) is 36.4 Å². The fourth-order valence-corrected chi connectivity index (χ4v) is 2.44. The second-order valence-corrected chi connectivity index (χ2v) is 5.40. The number of halogens is 1. The summed E-state index contributed by atoms with van der Waals surface area (Å²) < 4.78 is 10.4. The van der Waals surface area contributed by atoms with Gasteiger partial charge in [0.25, 0.3) is 0 Å². The van der Waals surface area contributed by atoms with Gasteiger partial charge in [0.2, 0.25) is 0 Å². The standard InChI is InChI=1S/C18H19ClO3/c1-4-22-18(20)17-10-14(9-15(11-21-3)12(17)2)13-5-7-16(19)8-6-13/h5-10H,4,11H2,1-3H3. The molecule has 0 saturated carbocycles. The molecular weight excluding hydrogens is 300 g/mol. The van der Waals surface area contributed by atoms with Gasteiger partial charge in [-0.1, -0.05) is 23.7 Å². The van der Waals surface area contributed by atoms with Crippen molar-refractivity contribution >= 4 is 17.6 Å². The molecule has 0 radical (unpaired) electrons. The highest BCUT2D eigenvalue weighted by Crippen LogP contribution is 2.27. The number of hydrogen-bond acceptors (Lipinski definition) is 3. The molecule has 0 spiro atoms. The van der Waals surface area contributed by atoms with Gasteiger partial charge in [-0.05, 0) is 60.4 Å². The Morgan fingerprint density at radius 1 is 1.14 bits per heavy atom. The molecule has 4 heteroatoms. The van der Waals surface area contributed by atoms with E-state index in [0.29, 0.717) is 23.8 Å². The molecule has 2 aromatic rings. The number of rotatable bonds is 5. The van der Waals surface area contributed by atoms with Crippen molar-refractivity contribution in [2.24, 2.45) is 0 Å². The van der Waals surface area contributed by atoms with Gasteiger partial charge in [-0.3, -0.25) is 0 Å². The van der Waals surface area contributed by atoms with Crippen LogP contribution in [0.25, 0.3) is 11.1 Å².